The van der Waals surface area contributed by atoms with E-state index in [9.17, 15) is 4.79 Å². The zero-order valence-corrected chi connectivity index (χ0v) is 16.4. The first-order valence-electron chi connectivity index (χ1n) is 8.38. The number of hydrogen-bond acceptors (Lipinski definition) is 5. The van der Waals surface area contributed by atoms with Crippen LogP contribution >= 0.6 is 11.8 Å². The van der Waals surface area contributed by atoms with Gasteiger partial charge in [-0.25, -0.2) is 9.97 Å². The molecule has 0 saturated heterocycles. The van der Waals surface area contributed by atoms with Crippen LogP contribution in [0.15, 0.2) is 35.5 Å². The Morgan fingerprint density at radius 2 is 2.00 bits per heavy atom. The van der Waals surface area contributed by atoms with Gasteiger partial charge < -0.3 is 10.2 Å². The van der Waals surface area contributed by atoms with Crippen molar-refractivity contribution in [2.75, 3.05) is 25.5 Å². The molecule has 0 aliphatic heterocycles. The molecule has 25 heavy (non-hydrogen) atoms. The Kier molecular flexibility index (Phi) is 6.82. The Bertz CT molecular complexity index is 731. The molecule has 0 aliphatic rings. The molecule has 1 aromatic carbocycles. The normalized spacial score (nSPS) is 10.8. The molecular formula is C19H26N4OS. The second kappa shape index (κ2) is 8.85. The van der Waals surface area contributed by atoms with Crippen LogP contribution in [0.25, 0.3) is 0 Å². The number of carbonyl (C=O) groups excluding carboxylic acids is 1. The van der Waals surface area contributed by atoms with Crippen molar-refractivity contribution >= 4 is 23.5 Å². The smallest absolute Gasteiger partial charge is 0.251 e. The lowest BCUT2D eigenvalue weighted by Gasteiger charge is -2.13. The number of aryl methyl sites for hydroxylation is 1. The number of aromatic nitrogens is 2. The van der Waals surface area contributed by atoms with Crippen LogP contribution in [0.1, 0.15) is 35.5 Å². The van der Waals surface area contributed by atoms with Gasteiger partial charge in [0, 0.05) is 43.7 Å². The lowest BCUT2D eigenvalue weighted by atomic mass is 10.1. The predicted octanol–water partition coefficient (Wildman–Crippen LogP) is 3.53. The SMILES string of the molecule is Cc1cc(N(C)C)nc(SCc2cccc(C(=O)NCC(C)C)c2)n1. The molecule has 0 fully saturated rings. The van der Waals surface area contributed by atoms with E-state index in [0.29, 0.717) is 18.0 Å². The number of hydrogen-bond donors (Lipinski definition) is 1. The largest absolute Gasteiger partial charge is 0.363 e. The van der Waals surface area contributed by atoms with E-state index in [2.05, 4.69) is 29.1 Å². The summed E-state index contributed by atoms with van der Waals surface area (Å²) < 4.78 is 0. The van der Waals surface area contributed by atoms with E-state index in [-0.39, 0.29) is 5.91 Å². The first-order valence-corrected chi connectivity index (χ1v) is 9.36. The van der Waals surface area contributed by atoms with Gasteiger partial charge in [-0.05, 0) is 30.5 Å². The Morgan fingerprint density at radius 1 is 1.24 bits per heavy atom. The van der Waals surface area contributed by atoms with Gasteiger partial charge in [0.1, 0.15) is 5.82 Å². The number of amides is 1. The molecular weight excluding hydrogens is 332 g/mol. The standard InChI is InChI=1S/C19H26N4OS/c1-13(2)11-20-18(24)16-8-6-7-15(10-16)12-25-19-21-14(3)9-17(22-19)23(4)5/h6-10,13H,11-12H2,1-5H3,(H,20,24). The van der Waals surface area contributed by atoms with Crippen LogP contribution in [-0.4, -0.2) is 36.5 Å². The van der Waals surface area contributed by atoms with Gasteiger partial charge in [-0.3, -0.25) is 4.79 Å². The third kappa shape index (κ3) is 6.05. The van der Waals surface area contributed by atoms with Gasteiger partial charge >= 0.3 is 0 Å². The van der Waals surface area contributed by atoms with Gasteiger partial charge in [-0.2, -0.15) is 0 Å². The molecule has 6 heteroatoms. The van der Waals surface area contributed by atoms with Gasteiger partial charge in [0.15, 0.2) is 5.16 Å². The van der Waals surface area contributed by atoms with Crippen molar-refractivity contribution < 1.29 is 4.79 Å². The maximum Gasteiger partial charge on any atom is 0.251 e. The van der Waals surface area contributed by atoms with E-state index in [4.69, 9.17) is 0 Å². The van der Waals surface area contributed by atoms with E-state index in [0.717, 1.165) is 28.0 Å². The Labute approximate surface area is 154 Å². The molecule has 2 aromatic rings. The molecule has 2 rings (SSSR count). The number of nitrogens with zero attached hydrogens (tertiary/aromatic N) is 3. The third-order valence-electron chi connectivity index (χ3n) is 3.51. The van der Waals surface area contributed by atoms with E-state index in [1.54, 1.807) is 11.8 Å². The maximum atomic E-state index is 12.2. The number of rotatable bonds is 7. The van der Waals surface area contributed by atoms with Crippen LogP contribution in [0.4, 0.5) is 5.82 Å². The lowest BCUT2D eigenvalue weighted by Crippen LogP contribution is -2.27. The molecule has 0 spiro atoms. The number of carbonyl (C=O) groups is 1. The zero-order chi connectivity index (χ0) is 18.4. The minimum Gasteiger partial charge on any atom is -0.363 e. The third-order valence-corrected chi connectivity index (χ3v) is 4.42. The molecule has 134 valence electrons. The van der Waals surface area contributed by atoms with Crippen molar-refractivity contribution in [1.29, 1.82) is 0 Å². The summed E-state index contributed by atoms with van der Waals surface area (Å²) >= 11 is 1.58. The summed E-state index contributed by atoms with van der Waals surface area (Å²) in [4.78, 5) is 23.2. The van der Waals surface area contributed by atoms with Gasteiger partial charge in [-0.15, -0.1) is 0 Å². The van der Waals surface area contributed by atoms with Crippen molar-refractivity contribution in [3.63, 3.8) is 0 Å². The lowest BCUT2D eigenvalue weighted by molar-refractivity contribution is 0.0949. The predicted molar refractivity (Wildman–Crippen MR) is 104 cm³/mol. The van der Waals surface area contributed by atoms with Crippen LogP contribution < -0.4 is 10.2 Å². The first-order chi connectivity index (χ1) is 11.8. The molecule has 1 N–H and O–H groups in total. The van der Waals surface area contributed by atoms with Gasteiger partial charge in [0.25, 0.3) is 5.91 Å². The molecule has 1 amide bonds. The highest BCUT2D eigenvalue weighted by Gasteiger charge is 2.09. The van der Waals surface area contributed by atoms with E-state index < -0.39 is 0 Å². The fraction of sp³-hybridized carbons (Fsp3) is 0.421. The Morgan fingerprint density at radius 3 is 2.68 bits per heavy atom. The summed E-state index contributed by atoms with van der Waals surface area (Å²) in [5, 5.41) is 3.70. The van der Waals surface area contributed by atoms with Gasteiger partial charge in [0.2, 0.25) is 0 Å². The molecule has 0 saturated carbocycles. The maximum absolute atomic E-state index is 12.2. The summed E-state index contributed by atoms with van der Waals surface area (Å²) in [6.45, 7) is 6.81. The fourth-order valence-corrected chi connectivity index (χ4v) is 3.01. The highest BCUT2D eigenvalue weighted by molar-refractivity contribution is 7.98. The summed E-state index contributed by atoms with van der Waals surface area (Å²) in [6, 6.07) is 9.68. The molecule has 0 atom stereocenters. The highest BCUT2D eigenvalue weighted by atomic mass is 32.2. The average Bonchev–Trinajstić information content (AvgIpc) is 2.57. The van der Waals surface area contributed by atoms with Crippen LogP contribution in [0.3, 0.4) is 0 Å². The number of thioether (sulfide) groups is 1. The summed E-state index contributed by atoms with van der Waals surface area (Å²) in [6.07, 6.45) is 0. The van der Waals surface area contributed by atoms with Crippen LogP contribution in [0, 0.1) is 12.8 Å². The molecule has 5 nitrogen and oxygen atoms in total. The van der Waals surface area contributed by atoms with Gasteiger partial charge in [-0.1, -0.05) is 37.7 Å². The Balaban J connectivity index is 2.04. The number of anilines is 1. The monoisotopic (exact) mass is 358 g/mol. The summed E-state index contributed by atoms with van der Waals surface area (Å²) in [5.41, 5.74) is 2.72. The molecule has 1 aromatic heterocycles. The molecule has 0 bridgehead atoms. The van der Waals surface area contributed by atoms with E-state index in [1.165, 1.54) is 0 Å². The van der Waals surface area contributed by atoms with Crippen molar-refractivity contribution in [1.82, 2.24) is 15.3 Å². The highest BCUT2D eigenvalue weighted by Crippen LogP contribution is 2.22. The molecule has 1 heterocycles. The van der Waals surface area contributed by atoms with E-state index in [1.807, 2.05) is 56.3 Å². The van der Waals surface area contributed by atoms with Crippen molar-refractivity contribution in [3.8, 4) is 0 Å². The summed E-state index contributed by atoms with van der Waals surface area (Å²) in [5.74, 6) is 2.04. The van der Waals surface area contributed by atoms with Crippen molar-refractivity contribution in [3.05, 3.63) is 47.2 Å². The van der Waals surface area contributed by atoms with Gasteiger partial charge in [0.05, 0.1) is 0 Å². The zero-order valence-electron chi connectivity index (χ0n) is 15.5. The van der Waals surface area contributed by atoms with Crippen LogP contribution in [0.2, 0.25) is 0 Å². The van der Waals surface area contributed by atoms with E-state index >= 15 is 0 Å². The topological polar surface area (TPSA) is 58.1 Å². The second-order valence-corrected chi connectivity index (χ2v) is 7.58. The Hall–Kier alpha value is -2.08. The average molecular weight is 359 g/mol. The number of benzene rings is 1. The first kappa shape index (κ1) is 19.2. The van der Waals surface area contributed by atoms with Crippen molar-refractivity contribution in [2.45, 2.75) is 31.7 Å². The minimum atomic E-state index is -0.0257. The van der Waals surface area contributed by atoms with Crippen molar-refractivity contribution in [2.24, 2.45) is 5.92 Å². The molecule has 0 radical (unpaired) electrons. The molecule has 0 aliphatic carbocycles. The van der Waals surface area contributed by atoms with Crippen LogP contribution in [-0.2, 0) is 5.75 Å². The quantitative estimate of drug-likeness (QED) is 0.606. The van der Waals surface area contributed by atoms with Crippen LogP contribution in [0.5, 0.6) is 0 Å². The fourth-order valence-electron chi connectivity index (χ4n) is 2.17. The summed E-state index contributed by atoms with van der Waals surface area (Å²) in [7, 11) is 3.94. The second-order valence-electron chi connectivity index (χ2n) is 6.64. The minimum absolute atomic E-state index is 0.0257. The molecule has 0 unspecified atom stereocenters. The number of nitrogens with one attached hydrogen (secondary N) is 1.